The minimum Gasteiger partial charge on any atom is -0.657 e. The second-order valence-electron chi connectivity index (χ2n) is 14.5. The molecular weight excluding hydrogens is 850 g/mol. The van der Waals surface area contributed by atoms with Gasteiger partial charge < -0.3 is 9.97 Å². The van der Waals surface area contributed by atoms with Crippen LogP contribution in [0, 0.1) is 0 Å². The van der Waals surface area contributed by atoms with Crippen molar-refractivity contribution < 1.29 is 54.6 Å². The van der Waals surface area contributed by atoms with E-state index in [-0.39, 0.29) is 63.8 Å². The molecule has 0 N–H and O–H groups in total. The van der Waals surface area contributed by atoms with Crippen molar-refractivity contribution in [3.63, 3.8) is 0 Å². The normalized spacial score (nSPS) is 16.8. The molecule has 7 aromatic rings. The molecule has 0 fully saturated rings. The summed E-state index contributed by atoms with van der Waals surface area (Å²) < 4.78 is 129. The van der Waals surface area contributed by atoms with Crippen LogP contribution in [0.25, 0.3) is 89.9 Å². The standard InChI is InChI=1S/C48H26F8N4.Zn/c49-45(50)41-42(46(51,52)48(55,56)47(45,53)54)44-40(30-19-11-4-12-20-30)36-26-24-34(59-36)38(28-15-7-2-8-16-28)32-22-21-31(57-32)37(27-13-5-1-6-14-27)33-23-25-35(58-33)39(43(41)60-44)29-17-9-3-10-18-29;/h1-26H;/q-2;+2. The predicted molar refractivity (Wildman–Crippen MR) is 216 cm³/mol. The van der Waals surface area contributed by atoms with Crippen molar-refractivity contribution in [2.75, 3.05) is 0 Å². The molecule has 2 aliphatic heterocycles. The van der Waals surface area contributed by atoms with E-state index in [2.05, 4.69) is 4.98 Å². The number of nitrogens with zero attached hydrogens (tertiary/aromatic N) is 4. The van der Waals surface area contributed by atoms with Gasteiger partial charge in [-0.1, -0.05) is 146 Å². The van der Waals surface area contributed by atoms with Gasteiger partial charge in [0.05, 0.1) is 33.9 Å². The maximum absolute atomic E-state index is 16.7. The van der Waals surface area contributed by atoms with Crippen molar-refractivity contribution in [1.29, 1.82) is 0 Å². The molecule has 0 radical (unpaired) electrons. The van der Waals surface area contributed by atoms with Crippen LogP contribution in [0.2, 0.25) is 0 Å². The number of hydrogen-bond acceptors (Lipinski definition) is 2. The molecule has 0 unspecified atom stereocenters. The number of allylic oxidation sites excluding steroid dienone is 2. The minimum absolute atomic E-state index is 0. The molecule has 296 valence electrons. The van der Waals surface area contributed by atoms with E-state index in [0.717, 1.165) is 0 Å². The van der Waals surface area contributed by atoms with Crippen LogP contribution in [-0.2, 0) is 19.5 Å². The summed E-state index contributed by atoms with van der Waals surface area (Å²) in [5.74, 6) is -24.9. The molecule has 4 nitrogen and oxygen atoms in total. The summed E-state index contributed by atoms with van der Waals surface area (Å²) in [4.78, 5) is 19.1. The average Bonchev–Trinajstić information content (AvgIpc) is 4.09. The Bertz CT molecular complexity index is 2880. The minimum atomic E-state index is -6.56. The summed E-state index contributed by atoms with van der Waals surface area (Å²) in [6.45, 7) is 0. The van der Waals surface area contributed by atoms with Crippen molar-refractivity contribution in [1.82, 2.24) is 19.9 Å². The van der Waals surface area contributed by atoms with E-state index in [1.165, 1.54) is 60.7 Å². The SMILES string of the molecule is FC1(F)C2=C(c3nc2c(-c2ccccc2)c2ccc([n-]2)c(-c2ccccc2)c2nc(c(-c4ccccc4)c4ccc([n-]4)c3-c3ccccc3)C=C2)C(F)(F)C(F)(F)C1(F)F.[Zn+2]. The zero-order valence-corrected chi connectivity index (χ0v) is 34.5. The first-order chi connectivity index (χ1) is 28.8. The summed E-state index contributed by atoms with van der Waals surface area (Å²) >= 11 is 0. The van der Waals surface area contributed by atoms with Crippen LogP contribution in [0.15, 0.2) is 146 Å². The number of benzene rings is 4. The van der Waals surface area contributed by atoms with Crippen molar-refractivity contribution in [3.8, 4) is 44.5 Å². The van der Waals surface area contributed by atoms with Crippen LogP contribution in [-0.4, -0.2) is 33.7 Å². The third kappa shape index (κ3) is 5.88. The van der Waals surface area contributed by atoms with Crippen molar-refractivity contribution in [2.45, 2.75) is 23.7 Å². The second-order valence-corrected chi connectivity index (χ2v) is 14.5. The zero-order chi connectivity index (χ0) is 41.6. The maximum atomic E-state index is 16.7. The van der Waals surface area contributed by atoms with E-state index >= 15 is 35.1 Å². The predicted octanol–water partition coefficient (Wildman–Crippen LogP) is 12.9. The molecule has 1 aliphatic carbocycles. The van der Waals surface area contributed by atoms with Crippen LogP contribution in [0.1, 0.15) is 22.8 Å². The molecule has 0 saturated carbocycles. The summed E-state index contributed by atoms with van der Waals surface area (Å²) in [6, 6.07) is 39.1. The van der Waals surface area contributed by atoms with Gasteiger partial charge in [0.1, 0.15) is 0 Å². The van der Waals surface area contributed by atoms with Gasteiger partial charge in [-0.25, -0.2) is 9.97 Å². The first-order valence-electron chi connectivity index (χ1n) is 18.7. The van der Waals surface area contributed by atoms with Crippen LogP contribution < -0.4 is 9.97 Å². The van der Waals surface area contributed by atoms with Crippen LogP contribution in [0.4, 0.5) is 35.1 Å². The van der Waals surface area contributed by atoms with Gasteiger partial charge in [-0.3, -0.25) is 0 Å². The molecule has 0 atom stereocenters. The molecule has 10 rings (SSSR count). The molecule has 0 saturated heterocycles. The van der Waals surface area contributed by atoms with Crippen molar-refractivity contribution >= 4 is 45.4 Å². The fraction of sp³-hybridized carbons (Fsp3) is 0.0833. The number of hydrogen-bond donors (Lipinski definition) is 0. The average molecular weight is 876 g/mol. The monoisotopic (exact) mass is 874 g/mol. The van der Waals surface area contributed by atoms with E-state index in [9.17, 15) is 0 Å². The van der Waals surface area contributed by atoms with Gasteiger partial charge in [0.15, 0.2) is 0 Å². The molecule has 3 aromatic heterocycles. The Morgan fingerprint density at radius 3 is 0.934 bits per heavy atom. The summed E-state index contributed by atoms with van der Waals surface area (Å²) in [6.07, 6.45) is 3.60. The molecule has 3 aliphatic rings. The molecule has 8 bridgehead atoms. The quantitative estimate of drug-likeness (QED) is 0.131. The van der Waals surface area contributed by atoms with Gasteiger partial charge in [0.25, 0.3) is 0 Å². The van der Waals surface area contributed by atoms with Crippen molar-refractivity contribution in [3.05, 3.63) is 168 Å². The fourth-order valence-electron chi connectivity index (χ4n) is 8.15. The number of rotatable bonds is 4. The van der Waals surface area contributed by atoms with Crippen molar-refractivity contribution in [2.24, 2.45) is 0 Å². The topological polar surface area (TPSA) is 54.0 Å². The molecule has 0 amide bonds. The molecule has 0 spiro atoms. The summed E-state index contributed by atoms with van der Waals surface area (Å²) in [5, 5.41) is 0. The number of fused-ring (bicyclic) bond motifs is 10. The third-order valence-corrected chi connectivity index (χ3v) is 10.9. The van der Waals surface area contributed by atoms with Gasteiger partial charge in [0.2, 0.25) is 0 Å². The summed E-state index contributed by atoms with van der Waals surface area (Å²) in [7, 11) is 0. The van der Waals surface area contributed by atoms with E-state index in [0.29, 0.717) is 33.6 Å². The fourth-order valence-corrected chi connectivity index (χ4v) is 8.15. The number of alkyl halides is 8. The van der Waals surface area contributed by atoms with Crippen LogP contribution >= 0.6 is 0 Å². The van der Waals surface area contributed by atoms with Crippen LogP contribution in [0.5, 0.6) is 0 Å². The second kappa shape index (κ2) is 14.3. The Morgan fingerprint density at radius 2 is 0.623 bits per heavy atom. The van der Waals surface area contributed by atoms with E-state index < -0.39 is 46.2 Å². The van der Waals surface area contributed by atoms with E-state index in [4.69, 9.17) is 15.0 Å². The molecule has 13 heteroatoms. The summed E-state index contributed by atoms with van der Waals surface area (Å²) in [5.41, 5.74) is -3.24. The Balaban J connectivity index is 0.00000476. The smallest absolute Gasteiger partial charge is 0.657 e. The van der Waals surface area contributed by atoms with Gasteiger partial charge in [0, 0.05) is 0 Å². The first kappa shape index (κ1) is 40.0. The molecular formula is C48H26F8N4Zn. The number of halogens is 8. The Hall–Kier alpha value is -6.46. The Morgan fingerprint density at radius 1 is 0.344 bits per heavy atom. The van der Waals surface area contributed by atoms with Gasteiger partial charge >= 0.3 is 43.2 Å². The van der Waals surface area contributed by atoms with E-state index in [1.54, 1.807) is 60.7 Å². The van der Waals surface area contributed by atoms with Crippen LogP contribution in [0.3, 0.4) is 0 Å². The Kier molecular flexibility index (Phi) is 9.40. The molecule has 5 heterocycles. The Labute approximate surface area is 355 Å². The first-order valence-corrected chi connectivity index (χ1v) is 18.7. The van der Waals surface area contributed by atoms with Gasteiger partial charge in [-0.15, -0.1) is 22.1 Å². The van der Waals surface area contributed by atoms with E-state index in [1.807, 2.05) is 36.4 Å². The molecule has 61 heavy (non-hydrogen) atoms. The molecule has 4 aromatic carbocycles. The van der Waals surface area contributed by atoms with Gasteiger partial charge in [-0.2, -0.15) is 35.1 Å². The maximum Gasteiger partial charge on any atom is 2.00 e. The zero-order valence-electron chi connectivity index (χ0n) is 31.5. The largest absolute Gasteiger partial charge is 2.00 e. The number of aromatic nitrogens is 4. The third-order valence-electron chi connectivity index (χ3n) is 10.9. The van der Waals surface area contributed by atoms with Gasteiger partial charge in [-0.05, 0) is 56.7 Å².